The Morgan fingerprint density at radius 3 is 2.34 bits per heavy atom. The van der Waals surface area contributed by atoms with Crippen molar-refractivity contribution in [1.29, 1.82) is 0 Å². The minimum Gasteiger partial charge on any atom is -0.457 e. The summed E-state index contributed by atoms with van der Waals surface area (Å²) in [6.45, 7) is 0.402. The van der Waals surface area contributed by atoms with Crippen LogP contribution >= 0.6 is 0 Å². The second-order valence-corrected chi connectivity index (χ2v) is 9.39. The van der Waals surface area contributed by atoms with Gasteiger partial charge in [0.1, 0.15) is 17.3 Å². The fraction of sp³-hybridized carbons (Fsp3) is 0.217. The normalized spacial score (nSPS) is 17.0. The van der Waals surface area contributed by atoms with E-state index in [2.05, 4.69) is 10.3 Å². The predicted molar refractivity (Wildman–Crippen MR) is 117 cm³/mol. The van der Waals surface area contributed by atoms with Crippen LogP contribution in [0.4, 0.5) is 10.1 Å². The van der Waals surface area contributed by atoms with Crippen LogP contribution in [0.1, 0.15) is 12.8 Å². The highest BCUT2D eigenvalue weighted by atomic mass is 32.2. The van der Waals surface area contributed by atoms with Crippen LogP contribution in [-0.4, -0.2) is 36.7 Å². The Balaban J connectivity index is 1.38. The second kappa shape index (κ2) is 9.46. The highest BCUT2D eigenvalue weighted by Gasteiger charge is 2.33. The standard InChI is InChI=1S/C23H22FN3O4S/c24-18-3-9-22(10-4-18)32(29,30)27-15-1-2-17(16-27)23(28)26-19-5-7-20(8-6-19)31-21-11-13-25-14-12-21/h3-14,17H,1-2,15-16H2,(H,26,28). The van der Waals surface area contributed by atoms with Crippen LogP contribution < -0.4 is 10.1 Å². The SMILES string of the molecule is O=C(Nc1ccc(Oc2ccncc2)cc1)C1CCCN(S(=O)(=O)c2ccc(F)cc2)C1. The van der Waals surface area contributed by atoms with Crippen LogP contribution in [0.25, 0.3) is 0 Å². The molecule has 1 unspecified atom stereocenters. The number of anilines is 1. The van der Waals surface area contributed by atoms with Crippen molar-refractivity contribution in [2.45, 2.75) is 17.7 Å². The molecule has 1 saturated heterocycles. The molecule has 1 aliphatic heterocycles. The number of sulfonamides is 1. The number of pyridine rings is 1. The van der Waals surface area contributed by atoms with Gasteiger partial charge in [0.2, 0.25) is 15.9 Å². The average Bonchev–Trinajstić information content (AvgIpc) is 2.81. The van der Waals surface area contributed by atoms with Gasteiger partial charge in [-0.1, -0.05) is 0 Å². The first-order valence-electron chi connectivity index (χ1n) is 10.2. The minimum atomic E-state index is -3.79. The van der Waals surface area contributed by atoms with Crippen molar-refractivity contribution >= 4 is 21.6 Å². The molecule has 0 aliphatic carbocycles. The molecule has 1 aromatic heterocycles. The van der Waals surface area contributed by atoms with E-state index < -0.39 is 21.8 Å². The Bertz CT molecular complexity index is 1170. The quantitative estimate of drug-likeness (QED) is 0.606. The van der Waals surface area contributed by atoms with E-state index in [1.807, 2.05) is 0 Å². The second-order valence-electron chi connectivity index (χ2n) is 7.45. The van der Waals surface area contributed by atoms with Crippen molar-refractivity contribution in [2.75, 3.05) is 18.4 Å². The summed E-state index contributed by atoms with van der Waals surface area (Å²) in [7, 11) is -3.79. The Kier molecular flexibility index (Phi) is 6.48. The van der Waals surface area contributed by atoms with Gasteiger partial charge < -0.3 is 10.1 Å². The van der Waals surface area contributed by atoms with E-state index in [-0.39, 0.29) is 17.3 Å². The summed E-state index contributed by atoms with van der Waals surface area (Å²) >= 11 is 0. The number of amides is 1. The van der Waals surface area contributed by atoms with Gasteiger partial charge in [-0.25, -0.2) is 12.8 Å². The van der Waals surface area contributed by atoms with Gasteiger partial charge in [-0.15, -0.1) is 0 Å². The first-order valence-corrected chi connectivity index (χ1v) is 11.6. The zero-order valence-corrected chi connectivity index (χ0v) is 18.0. The minimum absolute atomic E-state index is 0.0183. The van der Waals surface area contributed by atoms with Gasteiger partial charge in [0.05, 0.1) is 10.8 Å². The monoisotopic (exact) mass is 455 g/mol. The van der Waals surface area contributed by atoms with Crippen molar-refractivity contribution in [2.24, 2.45) is 5.92 Å². The number of halogens is 1. The van der Waals surface area contributed by atoms with Crippen LogP contribution in [0.3, 0.4) is 0 Å². The number of hydrogen-bond donors (Lipinski definition) is 1. The molecule has 7 nitrogen and oxygen atoms in total. The Morgan fingerprint density at radius 1 is 1.00 bits per heavy atom. The molecular weight excluding hydrogens is 433 g/mol. The van der Waals surface area contributed by atoms with Crippen LogP contribution in [0.15, 0.2) is 78.0 Å². The van der Waals surface area contributed by atoms with Gasteiger partial charge in [-0.3, -0.25) is 9.78 Å². The van der Waals surface area contributed by atoms with Crippen LogP contribution in [0.2, 0.25) is 0 Å². The molecule has 3 aromatic rings. The third-order valence-electron chi connectivity index (χ3n) is 5.21. The molecule has 1 amide bonds. The molecular formula is C23H22FN3O4S. The van der Waals surface area contributed by atoms with E-state index in [0.717, 1.165) is 12.1 Å². The van der Waals surface area contributed by atoms with Crippen molar-refractivity contribution in [3.63, 3.8) is 0 Å². The summed E-state index contributed by atoms with van der Waals surface area (Å²) in [4.78, 5) is 16.7. The van der Waals surface area contributed by atoms with Crippen LogP contribution in [-0.2, 0) is 14.8 Å². The maximum absolute atomic E-state index is 13.2. The topological polar surface area (TPSA) is 88.6 Å². The number of carbonyl (C=O) groups excluding carboxylic acids is 1. The van der Waals surface area contributed by atoms with Gasteiger partial charge in [0, 0.05) is 31.2 Å². The summed E-state index contributed by atoms with van der Waals surface area (Å²) in [5, 5.41) is 2.85. The summed E-state index contributed by atoms with van der Waals surface area (Å²) in [6, 6.07) is 15.1. The van der Waals surface area contributed by atoms with E-state index >= 15 is 0 Å². The van der Waals surface area contributed by atoms with Crippen molar-refractivity contribution in [3.05, 3.63) is 78.9 Å². The molecule has 2 heterocycles. The molecule has 4 rings (SSSR count). The molecule has 1 fully saturated rings. The first-order chi connectivity index (χ1) is 15.4. The largest absolute Gasteiger partial charge is 0.457 e. The Hall–Kier alpha value is -3.30. The molecule has 1 atom stereocenters. The maximum Gasteiger partial charge on any atom is 0.243 e. The summed E-state index contributed by atoms with van der Waals surface area (Å²) in [5.41, 5.74) is 0.593. The number of ether oxygens (including phenoxy) is 1. The molecule has 0 spiro atoms. The zero-order valence-electron chi connectivity index (χ0n) is 17.1. The lowest BCUT2D eigenvalue weighted by molar-refractivity contribution is -0.120. The molecule has 0 bridgehead atoms. The van der Waals surface area contributed by atoms with E-state index in [4.69, 9.17) is 4.74 Å². The van der Waals surface area contributed by atoms with Gasteiger partial charge in [-0.2, -0.15) is 4.31 Å². The molecule has 0 radical (unpaired) electrons. The lowest BCUT2D eigenvalue weighted by atomic mass is 9.99. The first kappa shape index (κ1) is 21.9. The predicted octanol–water partition coefficient (Wildman–Crippen LogP) is 4.05. The Morgan fingerprint density at radius 2 is 1.66 bits per heavy atom. The van der Waals surface area contributed by atoms with E-state index in [9.17, 15) is 17.6 Å². The van der Waals surface area contributed by atoms with Crippen molar-refractivity contribution in [1.82, 2.24) is 9.29 Å². The molecule has 32 heavy (non-hydrogen) atoms. The van der Waals surface area contributed by atoms with Gasteiger partial charge in [-0.05, 0) is 73.5 Å². The van der Waals surface area contributed by atoms with Crippen molar-refractivity contribution < 1.29 is 22.3 Å². The van der Waals surface area contributed by atoms with E-state index in [0.29, 0.717) is 36.6 Å². The molecule has 1 N–H and O–H groups in total. The number of aromatic nitrogens is 1. The number of benzene rings is 2. The zero-order chi connectivity index (χ0) is 22.6. The van der Waals surface area contributed by atoms with Crippen LogP contribution in [0.5, 0.6) is 11.5 Å². The molecule has 0 saturated carbocycles. The molecule has 1 aliphatic rings. The summed E-state index contributed by atoms with van der Waals surface area (Å²) in [6.07, 6.45) is 4.42. The summed E-state index contributed by atoms with van der Waals surface area (Å²) < 4.78 is 45.9. The van der Waals surface area contributed by atoms with Gasteiger partial charge >= 0.3 is 0 Å². The highest BCUT2D eigenvalue weighted by Crippen LogP contribution is 2.26. The fourth-order valence-corrected chi connectivity index (χ4v) is 5.05. The smallest absolute Gasteiger partial charge is 0.243 e. The molecule has 166 valence electrons. The van der Waals surface area contributed by atoms with Gasteiger partial charge in [0.15, 0.2) is 0 Å². The average molecular weight is 456 g/mol. The van der Waals surface area contributed by atoms with E-state index in [1.165, 1.54) is 16.4 Å². The molecule has 2 aromatic carbocycles. The van der Waals surface area contributed by atoms with E-state index in [1.54, 1.807) is 48.8 Å². The fourth-order valence-electron chi connectivity index (χ4n) is 3.52. The lowest BCUT2D eigenvalue weighted by Crippen LogP contribution is -2.43. The lowest BCUT2D eigenvalue weighted by Gasteiger charge is -2.31. The maximum atomic E-state index is 13.2. The number of rotatable bonds is 6. The highest BCUT2D eigenvalue weighted by molar-refractivity contribution is 7.89. The van der Waals surface area contributed by atoms with Gasteiger partial charge in [0.25, 0.3) is 0 Å². The number of piperidine rings is 1. The third kappa shape index (κ3) is 5.12. The van der Waals surface area contributed by atoms with Crippen LogP contribution in [0, 0.1) is 11.7 Å². The number of hydrogen-bond acceptors (Lipinski definition) is 5. The number of carbonyl (C=O) groups is 1. The Labute approximate surface area is 185 Å². The van der Waals surface area contributed by atoms with Crippen molar-refractivity contribution in [3.8, 4) is 11.5 Å². The number of nitrogens with one attached hydrogen (secondary N) is 1. The number of nitrogens with zero attached hydrogens (tertiary/aromatic N) is 2. The third-order valence-corrected chi connectivity index (χ3v) is 7.09. The molecule has 9 heteroatoms. The summed E-state index contributed by atoms with van der Waals surface area (Å²) in [5.74, 6) is 0.0421.